The van der Waals surface area contributed by atoms with E-state index in [4.69, 9.17) is 0 Å². The maximum absolute atomic E-state index is 12.7. The second-order valence-corrected chi connectivity index (χ2v) is 8.01. The van der Waals surface area contributed by atoms with Crippen LogP contribution in [0.5, 0.6) is 0 Å². The lowest BCUT2D eigenvalue weighted by molar-refractivity contribution is 0.100. The molecule has 0 atom stereocenters. The Balaban J connectivity index is 1.74. The molecule has 0 saturated heterocycles. The Morgan fingerprint density at radius 2 is 1.93 bits per heavy atom. The van der Waals surface area contributed by atoms with Crippen molar-refractivity contribution in [3.8, 4) is 0 Å². The summed E-state index contributed by atoms with van der Waals surface area (Å²) >= 11 is 4.81. The molecule has 0 fully saturated rings. The zero-order valence-electron chi connectivity index (χ0n) is 15.4. The van der Waals surface area contributed by atoms with E-state index < -0.39 is 0 Å². The Morgan fingerprint density at radius 3 is 2.68 bits per heavy atom. The summed E-state index contributed by atoms with van der Waals surface area (Å²) in [5.74, 6) is 0.284. The van der Waals surface area contributed by atoms with Gasteiger partial charge < -0.3 is 5.32 Å². The smallest absolute Gasteiger partial charge is 0.275 e. The number of aryl methyl sites for hydroxylation is 1. The van der Waals surface area contributed by atoms with Crippen LogP contribution < -0.4 is 5.32 Å². The Bertz CT molecular complexity index is 1040. The number of hydrogen-bond acceptors (Lipinski definition) is 5. The van der Waals surface area contributed by atoms with Gasteiger partial charge in [-0.15, -0.1) is 0 Å². The molecular formula is C21H18BrN3O2S. The maximum atomic E-state index is 12.7. The largest absolute Gasteiger partial charge is 0.321 e. The van der Waals surface area contributed by atoms with Crippen molar-refractivity contribution in [1.82, 2.24) is 9.97 Å². The van der Waals surface area contributed by atoms with Gasteiger partial charge in [-0.2, -0.15) is 0 Å². The summed E-state index contributed by atoms with van der Waals surface area (Å²) in [5.41, 5.74) is 3.69. The lowest BCUT2D eigenvalue weighted by Crippen LogP contribution is -2.15. The topological polar surface area (TPSA) is 72.0 Å². The minimum atomic E-state index is -0.368. The van der Waals surface area contributed by atoms with Crippen molar-refractivity contribution in [2.45, 2.75) is 24.8 Å². The van der Waals surface area contributed by atoms with Crippen LogP contribution in [0.25, 0.3) is 0 Å². The van der Waals surface area contributed by atoms with Gasteiger partial charge >= 0.3 is 0 Å². The first kappa shape index (κ1) is 20.2. The number of thioether (sulfide) groups is 1. The SMILES string of the molecule is CC(=O)c1cccc(NC(=O)c2nc(SCc3cccc(C)c3)ncc2Br)c1. The molecule has 0 bridgehead atoms. The number of anilines is 1. The number of nitrogens with zero attached hydrogens (tertiary/aromatic N) is 2. The number of aromatic nitrogens is 2. The van der Waals surface area contributed by atoms with Gasteiger partial charge in [0.1, 0.15) is 5.69 Å². The molecule has 0 aliphatic carbocycles. The standard InChI is InChI=1S/C21H18BrN3O2S/c1-13-5-3-6-15(9-13)12-28-21-23-11-18(22)19(25-21)20(27)24-17-8-4-7-16(10-17)14(2)26/h3-11H,12H2,1-2H3,(H,24,27). The molecule has 142 valence electrons. The van der Waals surface area contributed by atoms with Gasteiger partial charge in [-0.1, -0.05) is 53.7 Å². The number of Topliss-reactive ketones (excluding diaryl/α,β-unsaturated/α-hetero) is 1. The van der Waals surface area contributed by atoms with E-state index in [0.29, 0.717) is 26.6 Å². The third-order valence-electron chi connectivity index (χ3n) is 3.91. The van der Waals surface area contributed by atoms with Crippen LogP contribution >= 0.6 is 27.7 Å². The lowest BCUT2D eigenvalue weighted by Gasteiger charge is -2.08. The third-order valence-corrected chi connectivity index (χ3v) is 5.43. The van der Waals surface area contributed by atoms with E-state index >= 15 is 0 Å². The highest BCUT2D eigenvalue weighted by atomic mass is 79.9. The normalized spacial score (nSPS) is 10.5. The molecule has 1 heterocycles. The van der Waals surface area contributed by atoms with Crippen LogP contribution in [0.15, 0.2) is 64.4 Å². The zero-order chi connectivity index (χ0) is 20.1. The number of hydrogen-bond donors (Lipinski definition) is 1. The summed E-state index contributed by atoms with van der Waals surface area (Å²) in [4.78, 5) is 32.9. The number of carbonyl (C=O) groups excluding carboxylic acids is 2. The number of benzene rings is 2. The molecule has 28 heavy (non-hydrogen) atoms. The van der Waals surface area contributed by atoms with Crippen molar-refractivity contribution in [2.75, 3.05) is 5.32 Å². The molecule has 0 unspecified atom stereocenters. The molecule has 1 N–H and O–H groups in total. The summed E-state index contributed by atoms with van der Waals surface area (Å²) in [5, 5.41) is 3.30. The predicted octanol–water partition coefficient (Wildman–Crippen LogP) is 5.29. The van der Waals surface area contributed by atoms with Crippen LogP contribution in [-0.4, -0.2) is 21.7 Å². The van der Waals surface area contributed by atoms with Crippen molar-refractivity contribution in [3.63, 3.8) is 0 Å². The highest BCUT2D eigenvalue weighted by Gasteiger charge is 2.15. The number of nitrogens with one attached hydrogen (secondary N) is 1. The Morgan fingerprint density at radius 1 is 1.14 bits per heavy atom. The molecule has 7 heteroatoms. The van der Waals surface area contributed by atoms with Gasteiger partial charge in [-0.3, -0.25) is 9.59 Å². The average Bonchev–Trinajstić information content (AvgIpc) is 2.67. The van der Waals surface area contributed by atoms with E-state index in [1.165, 1.54) is 29.8 Å². The fourth-order valence-electron chi connectivity index (χ4n) is 2.54. The van der Waals surface area contributed by atoms with Gasteiger partial charge in [0.15, 0.2) is 10.9 Å². The highest BCUT2D eigenvalue weighted by Crippen LogP contribution is 2.23. The fourth-order valence-corrected chi connectivity index (χ4v) is 3.67. The van der Waals surface area contributed by atoms with Crippen molar-refractivity contribution < 1.29 is 9.59 Å². The molecule has 2 aromatic carbocycles. The van der Waals surface area contributed by atoms with Crippen molar-refractivity contribution >= 4 is 45.1 Å². The van der Waals surface area contributed by atoms with Gasteiger partial charge in [-0.25, -0.2) is 9.97 Å². The quantitative estimate of drug-likeness (QED) is 0.310. The van der Waals surface area contributed by atoms with E-state index in [-0.39, 0.29) is 17.4 Å². The summed E-state index contributed by atoms with van der Waals surface area (Å²) in [6, 6.07) is 15.0. The molecule has 0 radical (unpaired) electrons. The van der Waals surface area contributed by atoms with E-state index in [2.05, 4.69) is 43.3 Å². The van der Waals surface area contributed by atoms with Gasteiger partial charge in [-0.05, 0) is 47.5 Å². The summed E-state index contributed by atoms with van der Waals surface area (Å²) in [6.45, 7) is 3.54. The Hall–Kier alpha value is -2.51. The highest BCUT2D eigenvalue weighted by molar-refractivity contribution is 9.10. The molecule has 1 aromatic heterocycles. The molecule has 0 spiro atoms. The molecule has 5 nitrogen and oxygen atoms in total. The Labute approximate surface area is 176 Å². The van der Waals surface area contributed by atoms with Crippen LogP contribution in [-0.2, 0) is 5.75 Å². The summed E-state index contributed by atoms with van der Waals surface area (Å²) in [7, 11) is 0. The second kappa shape index (κ2) is 9.12. The number of ketones is 1. The number of halogens is 1. The fraction of sp³-hybridized carbons (Fsp3) is 0.143. The van der Waals surface area contributed by atoms with Gasteiger partial charge in [0, 0.05) is 23.2 Å². The minimum absolute atomic E-state index is 0.0610. The molecule has 3 aromatic rings. The van der Waals surface area contributed by atoms with Gasteiger partial charge in [0.25, 0.3) is 5.91 Å². The van der Waals surface area contributed by atoms with E-state index in [9.17, 15) is 9.59 Å². The van der Waals surface area contributed by atoms with Crippen molar-refractivity contribution in [2.24, 2.45) is 0 Å². The van der Waals surface area contributed by atoms with Crippen LogP contribution in [0, 0.1) is 6.92 Å². The minimum Gasteiger partial charge on any atom is -0.321 e. The Kier molecular flexibility index (Phi) is 6.59. The van der Waals surface area contributed by atoms with Crippen LogP contribution in [0.4, 0.5) is 5.69 Å². The van der Waals surface area contributed by atoms with E-state index in [1.807, 2.05) is 19.1 Å². The third kappa shape index (κ3) is 5.27. The summed E-state index contributed by atoms with van der Waals surface area (Å²) in [6.07, 6.45) is 1.58. The van der Waals surface area contributed by atoms with Crippen LogP contribution in [0.1, 0.15) is 38.9 Å². The van der Waals surface area contributed by atoms with E-state index in [0.717, 1.165) is 0 Å². The number of rotatable bonds is 6. The monoisotopic (exact) mass is 455 g/mol. The van der Waals surface area contributed by atoms with Crippen molar-refractivity contribution in [3.05, 3.63) is 81.6 Å². The maximum Gasteiger partial charge on any atom is 0.275 e. The zero-order valence-corrected chi connectivity index (χ0v) is 17.8. The molecule has 0 saturated carbocycles. The van der Waals surface area contributed by atoms with Crippen molar-refractivity contribution in [1.29, 1.82) is 0 Å². The van der Waals surface area contributed by atoms with Gasteiger partial charge in [0.05, 0.1) is 4.47 Å². The number of carbonyl (C=O) groups is 2. The lowest BCUT2D eigenvalue weighted by atomic mass is 10.1. The predicted molar refractivity (Wildman–Crippen MR) is 115 cm³/mol. The van der Waals surface area contributed by atoms with Crippen LogP contribution in [0.2, 0.25) is 0 Å². The second-order valence-electron chi connectivity index (χ2n) is 6.22. The molecule has 0 aliphatic heterocycles. The number of amides is 1. The first-order valence-corrected chi connectivity index (χ1v) is 10.3. The van der Waals surface area contributed by atoms with E-state index in [1.54, 1.807) is 30.5 Å². The van der Waals surface area contributed by atoms with Gasteiger partial charge in [0.2, 0.25) is 0 Å². The molecule has 0 aliphatic rings. The first-order valence-electron chi connectivity index (χ1n) is 8.55. The van der Waals surface area contributed by atoms with Crippen LogP contribution in [0.3, 0.4) is 0 Å². The molecule has 1 amide bonds. The molecular weight excluding hydrogens is 438 g/mol. The first-order chi connectivity index (χ1) is 13.4. The average molecular weight is 456 g/mol. The molecule has 3 rings (SSSR count). The summed E-state index contributed by atoms with van der Waals surface area (Å²) < 4.78 is 0.507.